The third kappa shape index (κ3) is 5.88. The Hall–Kier alpha value is -4.22. The van der Waals surface area contributed by atoms with Crippen LogP contribution in [0.5, 0.6) is 5.75 Å². The number of fused-ring (bicyclic) bond motifs is 1. The number of anilines is 2. The number of para-hydroxylation sites is 2. The van der Waals surface area contributed by atoms with Crippen LogP contribution in [0.1, 0.15) is 35.6 Å². The van der Waals surface area contributed by atoms with Crippen molar-refractivity contribution in [3.8, 4) is 5.75 Å². The average Bonchev–Trinajstić information content (AvgIpc) is 3.56. The molecule has 0 spiro atoms. The average molecular weight is 604 g/mol. The number of hydrogen-bond donors (Lipinski definition) is 0. The predicted molar refractivity (Wildman–Crippen MR) is 167 cm³/mol. The second kappa shape index (κ2) is 12.3. The number of aryl methyl sites for hydroxylation is 2. The number of nitrogens with zero attached hydrogens (tertiary/aromatic N) is 5. The molecule has 218 valence electrons. The van der Waals surface area contributed by atoms with Gasteiger partial charge >= 0.3 is 0 Å². The number of aromatic nitrogens is 3. The number of carbonyl (C=O) groups is 1. The molecule has 2 aromatic heterocycles. The monoisotopic (exact) mass is 603 g/mol. The molecule has 0 saturated heterocycles. The Labute approximate surface area is 250 Å². The van der Waals surface area contributed by atoms with Crippen LogP contribution in [0.15, 0.2) is 83.8 Å². The van der Waals surface area contributed by atoms with Crippen molar-refractivity contribution in [3.05, 3.63) is 95.8 Å². The molecule has 0 unspecified atom stereocenters. The number of carbonyl (C=O) groups excluding carboxylic acids is 1. The van der Waals surface area contributed by atoms with E-state index >= 15 is 0 Å². The third-order valence-corrected chi connectivity index (χ3v) is 9.77. The molecule has 0 aliphatic heterocycles. The van der Waals surface area contributed by atoms with Gasteiger partial charge in [0.2, 0.25) is 0 Å². The standard InChI is InChI=1S/C31H33N5O4S2/c1-5-36(25-11-8-7-9-12-25)42(38,39)26-17-15-24(16-18-26)30(37)34(19-20-35-23(4)21-22(3)33-35)31-32-29-27(40-6-2)13-10-14-28(29)41-31/h7-18,21H,5-6,19-20H2,1-4H3. The van der Waals surface area contributed by atoms with Crippen molar-refractivity contribution < 1.29 is 17.9 Å². The smallest absolute Gasteiger partial charge is 0.264 e. The van der Waals surface area contributed by atoms with Gasteiger partial charge in [0.1, 0.15) is 11.3 Å². The molecule has 42 heavy (non-hydrogen) atoms. The molecule has 9 nitrogen and oxygen atoms in total. The molecule has 11 heteroatoms. The van der Waals surface area contributed by atoms with E-state index in [-0.39, 0.29) is 17.3 Å². The third-order valence-electron chi connectivity index (χ3n) is 6.81. The summed E-state index contributed by atoms with van der Waals surface area (Å²) in [6, 6.07) is 22.8. The lowest BCUT2D eigenvalue weighted by atomic mass is 10.2. The van der Waals surface area contributed by atoms with Crippen LogP contribution in [0, 0.1) is 13.8 Å². The van der Waals surface area contributed by atoms with Crippen molar-refractivity contribution in [1.82, 2.24) is 14.8 Å². The van der Waals surface area contributed by atoms with Gasteiger partial charge in [-0.1, -0.05) is 35.6 Å². The first-order valence-corrected chi connectivity index (χ1v) is 16.0. The maximum atomic E-state index is 14.0. The lowest BCUT2D eigenvalue weighted by molar-refractivity contribution is 0.0985. The zero-order chi connectivity index (χ0) is 29.9. The Morgan fingerprint density at radius 2 is 1.71 bits per heavy atom. The van der Waals surface area contributed by atoms with Gasteiger partial charge in [-0.3, -0.25) is 18.7 Å². The summed E-state index contributed by atoms with van der Waals surface area (Å²) < 4.78 is 36.9. The molecule has 0 fully saturated rings. The van der Waals surface area contributed by atoms with Gasteiger partial charge in [-0.05, 0) is 82.3 Å². The van der Waals surface area contributed by atoms with E-state index in [2.05, 4.69) is 5.10 Å². The molecule has 2 heterocycles. The second-order valence-electron chi connectivity index (χ2n) is 9.67. The predicted octanol–water partition coefficient (Wildman–Crippen LogP) is 6.07. The quantitative estimate of drug-likeness (QED) is 0.182. The summed E-state index contributed by atoms with van der Waals surface area (Å²) >= 11 is 1.41. The van der Waals surface area contributed by atoms with E-state index in [1.54, 1.807) is 48.2 Å². The Bertz CT molecular complexity index is 1800. The Balaban J connectivity index is 1.48. The summed E-state index contributed by atoms with van der Waals surface area (Å²) in [5.41, 5.74) is 3.54. The summed E-state index contributed by atoms with van der Waals surface area (Å²) in [4.78, 5) is 20.5. The Morgan fingerprint density at radius 3 is 2.36 bits per heavy atom. The van der Waals surface area contributed by atoms with Gasteiger partial charge in [0.15, 0.2) is 5.13 Å². The number of thiazole rings is 1. The van der Waals surface area contributed by atoms with E-state index in [0.717, 1.165) is 16.1 Å². The summed E-state index contributed by atoms with van der Waals surface area (Å²) in [5.74, 6) is 0.379. The molecule has 5 aromatic rings. The van der Waals surface area contributed by atoms with E-state index in [4.69, 9.17) is 9.72 Å². The zero-order valence-electron chi connectivity index (χ0n) is 24.0. The van der Waals surface area contributed by atoms with Crippen molar-refractivity contribution in [2.75, 3.05) is 28.9 Å². The summed E-state index contributed by atoms with van der Waals surface area (Å²) in [5, 5.41) is 5.08. The number of hydrogen-bond acceptors (Lipinski definition) is 7. The maximum absolute atomic E-state index is 14.0. The van der Waals surface area contributed by atoms with Crippen LogP contribution in [0.25, 0.3) is 10.2 Å². The largest absolute Gasteiger partial charge is 0.492 e. The van der Waals surface area contributed by atoms with Crippen LogP contribution in [-0.4, -0.2) is 48.8 Å². The SMILES string of the molecule is CCOc1cccc2sc(N(CCn3nc(C)cc3C)C(=O)c3ccc(S(=O)(=O)N(CC)c4ccccc4)cc3)nc12. The molecule has 0 bridgehead atoms. The summed E-state index contributed by atoms with van der Waals surface area (Å²) in [6.07, 6.45) is 0. The van der Waals surface area contributed by atoms with Gasteiger partial charge in [0.05, 0.1) is 34.1 Å². The molecule has 0 atom stereocenters. The van der Waals surface area contributed by atoms with E-state index in [9.17, 15) is 13.2 Å². The molecule has 0 radical (unpaired) electrons. The zero-order valence-corrected chi connectivity index (χ0v) is 25.7. The fourth-order valence-electron chi connectivity index (χ4n) is 4.82. The minimum Gasteiger partial charge on any atom is -0.492 e. The summed E-state index contributed by atoms with van der Waals surface area (Å²) in [7, 11) is -3.82. The van der Waals surface area contributed by atoms with Gasteiger partial charge in [0, 0.05) is 24.3 Å². The molecular weight excluding hydrogens is 571 g/mol. The van der Waals surface area contributed by atoms with Gasteiger partial charge < -0.3 is 4.74 Å². The highest BCUT2D eigenvalue weighted by molar-refractivity contribution is 7.92. The first-order chi connectivity index (χ1) is 20.2. The molecule has 0 saturated carbocycles. The van der Waals surface area contributed by atoms with Crippen LogP contribution in [0.3, 0.4) is 0 Å². The van der Waals surface area contributed by atoms with Crippen LogP contribution in [0.4, 0.5) is 10.8 Å². The highest BCUT2D eigenvalue weighted by atomic mass is 32.2. The number of benzene rings is 3. The number of ether oxygens (including phenoxy) is 1. The fraction of sp³-hybridized carbons (Fsp3) is 0.258. The second-order valence-corrected chi connectivity index (χ2v) is 12.5. The fourth-order valence-corrected chi connectivity index (χ4v) is 7.30. The first-order valence-electron chi connectivity index (χ1n) is 13.8. The van der Waals surface area contributed by atoms with Gasteiger partial charge in [-0.2, -0.15) is 5.10 Å². The van der Waals surface area contributed by atoms with Crippen LogP contribution >= 0.6 is 11.3 Å². The van der Waals surface area contributed by atoms with Crippen LogP contribution < -0.4 is 13.9 Å². The minimum absolute atomic E-state index is 0.111. The van der Waals surface area contributed by atoms with Gasteiger partial charge in [0.25, 0.3) is 15.9 Å². The van der Waals surface area contributed by atoms with Crippen molar-refractivity contribution in [3.63, 3.8) is 0 Å². The lowest BCUT2D eigenvalue weighted by Crippen LogP contribution is -2.34. The number of amides is 1. The highest BCUT2D eigenvalue weighted by Crippen LogP contribution is 2.35. The molecule has 5 rings (SSSR count). The van der Waals surface area contributed by atoms with Crippen molar-refractivity contribution >= 4 is 48.3 Å². The molecule has 0 N–H and O–H groups in total. The molecular formula is C31H33N5O4S2. The number of sulfonamides is 1. The van der Waals surface area contributed by atoms with E-state index in [1.165, 1.54) is 27.8 Å². The van der Waals surface area contributed by atoms with Gasteiger partial charge in [-0.25, -0.2) is 13.4 Å². The van der Waals surface area contributed by atoms with Crippen molar-refractivity contribution in [2.45, 2.75) is 39.1 Å². The van der Waals surface area contributed by atoms with Crippen molar-refractivity contribution in [2.24, 2.45) is 0 Å². The molecule has 0 aliphatic carbocycles. The van der Waals surface area contributed by atoms with E-state index in [1.807, 2.05) is 55.8 Å². The molecule has 3 aromatic carbocycles. The number of rotatable bonds is 11. The lowest BCUT2D eigenvalue weighted by Gasteiger charge is -2.23. The summed E-state index contributed by atoms with van der Waals surface area (Å²) in [6.45, 7) is 9.18. The van der Waals surface area contributed by atoms with Crippen LogP contribution in [-0.2, 0) is 16.6 Å². The topological polar surface area (TPSA) is 97.6 Å². The highest BCUT2D eigenvalue weighted by Gasteiger charge is 2.26. The first kappa shape index (κ1) is 29.3. The van der Waals surface area contributed by atoms with Gasteiger partial charge in [-0.15, -0.1) is 0 Å². The maximum Gasteiger partial charge on any atom is 0.264 e. The molecule has 0 aliphatic rings. The van der Waals surface area contributed by atoms with Crippen molar-refractivity contribution in [1.29, 1.82) is 0 Å². The van der Waals surface area contributed by atoms with E-state index in [0.29, 0.717) is 47.3 Å². The van der Waals surface area contributed by atoms with Crippen LogP contribution in [0.2, 0.25) is 0 Å². The minimum atomic E-state index is -3.82. The molecule has 1 amide bonds. The Morgan fingerprint density at radius 1 is 0.976 bits per heavy atom. The van der Waals surface area contributed by atoms with E-state index < -0.39 is 10.0 Å². The normalized spacial score (nSPS) is 11.5. The Kier molecular flexibility index (Phi) is 8.60.